The lowest BCUT2D eigenvalue weighted by molar-refractivity contribution is 0.0697. The zero-order valence-electron chi connectivity index (χ0n) is 12.4. The minimum atomic E-state index is -0.885. The molecule has 0 fully saturated rings. The van der Waals surface area contributed by atoms with Crippen LogP contribution in [0.3, 0.4) is 0 Å². The van der Waals surface area contributed by atoms with Crippen molar-refractivity contribution in [1.82, 2.24) is 0 Å². The highest BCUT2D eigenvalue weighted by Crippen LogP contribution is 2.32. The molecule has 0 aliphatic heterocycles. The number of carboxylic acid groups (broad SMARTS) is 1. The molecule has 106 valence electrons. The second kappa shape index (κ2) is 6.60. The van der Waals surface area contributed by atoms with E-state index in [1.54, 1.807) is 12.1 Å². The lowest BCUT2D eigenvalue weighted by Gasteiger charge is -2.31. The van der Waals surface area contributed by atoms with E-state index in [1.807, 2.05) is 12.1 Å². The monoisotopic (exact) mass is 263 g/mol. The molecule has 0 aliphatic rings. The quantitative estimate of drug-likeness (QED) is 0.772. The van der Waals surface area contributed by atoms with E-state index in [0.717, 1.165) is 18.7 Å². The second-order valence-electron chi connectivity index (χ2n) is 5.86. The summed E-state index contributed by atoms with van der Waals surface area (Å²) in [6, 6.07) is 6.90. The Bertz CT molecular complexity index is 409. The van der Waals surface area contributed by atoms with Crippen molar-refractivity contribution in [1.29, 1.82) is 0 Å². The number of carboxylic acids is 1. The van der Waals surface area contributed by atoms with Gasteiger partial charge in [-0.25, -0.2) is 4.79 Å². The smallest absolute Gasteiger partial charge is 0.335 e. The maximum Gasteiger partial charge on any atom is 0.335 e. The van der Waals surface area contributed by atoms with Crippen LogP contribution >= 0.6 is 0 Å². The van der Waals surface area contributed by atoms with Crippen LogP contribution in [0.5, 0.6) is 0 Å². The third kappa shape index (κ3) is 4.58. The molecule has 0 saturated heterocycles. The van der Waals surface area contributed by atoms with Crippen LogP contribution in [-0.2, 0) is 0 Å². The third-order valence-electron chi connectivity index (χ3n) is 4.18. The molecule has 1 atom stereocenters. The Morgan fingerprint density at radius 3 is 2.37 bits per heavy atom. The Labute approximate surface area is 116 Å². The lowest BCUT2D eigenvalue weighted by atomic mass is 9.76. The largest absolute Gasteiger partial charge is 0.478 e. The van der Waals surface area contributed by atoms with Crippen molar-refractivity contribution in [3.05, 3.63) is 29.8 Å². The van der Waals surface area contributed by atoms with Gasteiger partial charge in [0.2, 0.25) is 0 Å². The first-order valence-electron chi connectivity index (χ1n) is 6.94. The average molecular weight is 263 g/mol. The van der Waals surface area contributed by atoms with Crippen molar-refractivity contribution in [2.45, 2.75) is 40.5 Å². The molecule has 0 aromatic heterocycles. The number of rotatable bonds is 7. The van der Waals surface area contributed by atoms with Crippen LogP contribution in [0.1, 0.15) is 50.9 Å². The van der Waals surface area contributed by atoms with Gasteiger partial charge in [0.25, 0.3) is 0 Å². The van der Waals surface area contributed by atoms with E-state index in [2.05, 4.69) is 33.0 Å². The van der Waals surface area contributed by atoms with Crippen LogP contribution in [0.2, 0.25) is 0 Å². The highest BCUT2D eigenvalue weighted by molar-refractivity contribution is 5.87. The summed E-state index contributed by atoms with van der Waals surface area (Å²) in [5, 5.41) is 12.2. The summed E-state index contributed by atoms with van der Waals surface area (Å²) < 4.78 is 0. The molecule has 0 radical (unpaired) electrons. The molecule has 0 saturated carbocycles. The van der Waals surface area contributed by atoms with Gasteiger partial charge >= 0.3 is 5.97 Å². The van der Waals surface area contributed by atoms with Crippen LogP contribution in [0, 0.1) is 11.3 Å². The predicted octanol–water partition coefficient (Wildman–Crippen LogP) is 4.26. The number of nitrogens with one attached hydrogen (secondary N) is 1. The van der Waals surface area contributed by atoms with E-state index in [-0.39, 0.29) is 0 Å². The standard InChI is InChI=1S/C16H25NO2/c1-5-12(2)16(3,4)10-11-17-14-8-6-13(7-9-14)15(18)19/h6-9,12,17H,5,10-11H2,1-4H3,(H,18,19). The summed E-state index contributed by atoms with van der Waals surface area (Å²) in [6.07, 6.45) is 2.29. The van der Waals surface area contributed by atoms with Gasteiger partial charge in [-0.05, 0) is 42.0 Å². The Hall–Kier alpha value is -1.51. The summed E-state index contributed by atoms with van der Waals surface area (Å²) in [5.74, 6) is -0.187. The van der Waals surface area contributed by atoms with Crippen molar-refractivity contribution in [3.63, 3.8) is 0 Å². The zero-order valence-corrected chi connectivity index (χ0v) is 12.4. The van der Waals surface area contributed by atoms with Crippen molar-refractivity contribution >= 4 is 11.7 Å². The first-order valence-corrected chi connectivity index (χ1v) is 6.94. The van der Waals surface area contributed by atoms with Crippen LogP contribution < -0.4 is 5.32 Å². The Morgan fingerprint density at radius 2 is 1.89 bits per heavy atom. The molecule has 3 nitrogen and oxygen atoms in total. The molecular weight excluding hydrogens is 238 g/mol. The minimum absolute atomic E-state index is 0.322. The number of benzene rings is 1. The number of hydrogen-bond donors (Lipinski definition) is 2. The van der Waals surface area contributed by atoms with Gasteiger partial charge in [0.15, 0.2) is 0 Å². The molecule has 3 heteroatoms. The number of anilines is 1. The van der Waals surface area contributed by atoms with Gasteiger partial charge in [0.1, 0.15) is 0 Å². The molecule has 1 rings (SSSR count). The van der Waals surface area contributed by atoms with Crippen LogP contribution in [0.15, 0.2) is 24.3 Å². The van der Waals surface area contributed by atoms with E-state index in [1.165, 1.54) is 6.42 Å². The Balaban J connectivity index is 2.47. The number of hydrogen-bond acceptors (Lipinski definition) is 2. The molecule has 0 aliphatic carbocycles. The molecule has 2 N–H and O–H groups in total. The molecule has 0 spiro atoms. The van der Waals surface area contributed by atoms with E-state index in [9.17, 15) is 4.79 Å². The van der Waals surface area contributed by atoms with Crippen molar-refractivity contribution in [3.8, 4) is 0 Å². The lowest BCUT2D eigenvalue weighted by Crippen LogP contribution is -2.24. The molecule has 1 aromatic carbocycles. The first-order chi connectivity index (χ1) is 8.86. The second-order valence-corrected chi connectivity index (χ2v) is 5.86. The molecule has 0 bridgehead atoms. The summed E-state index contributed by atoms with van der Waals surface area (Å²) in [7, 11) is 0. The Kier molecular flexibility index (Phi) is 5.40. The van der Waals surface area contributed by atoms with E-state index < -0.39 is 5.97 Å². The molecule has 0 amide bonds. The van der Waals surface area contributed by atoms with Crippen LogP contribution in [0.25, 0.3) is 0 Å². The molecule has 1 aromatic rings. The summed E-state index contributed by atoms with van der Waals surface area (Å²) in [4.78, 5) is 10.7. The molecular formula is C16H25NO2. The van der Waals surface area contributed by atoms with E-state index >= 15 is 0 Å². The van der Waals surface area contributed by atoms with Gasteiger partial charge in [0, 0.05) is 12.2 Å². The SMILES string of the molecule is CCC(C)C(C)(C)CCNc1ccc(C(=O)O)cc1. The predicted molar refractivity (Wildman–Crippen MR) is 79.7 cm³/mol. The fraction of sp³-hybridized carbons (Fsp3) is 0.562. The zero-order chi connectivity index (χ0) is 14.5. The van der Waals surface area contributed by atoms with Crippen LogP contribution in [0.4, 0.5) is 5.69 Å². The highest BCUT2D eigenvalue weighted by Gasteiger charge is 2.23. The Morgan fingerprint density at radius 1 is 1.32 bits per heavy atom. The van der Waals surface area contributed by atoms with Gasteiger partial charge in [-0.3, -0.25) is 0 Å². The highest BCUT2D eigenvalue weighted by atomic mass is 16.4. The van der Waals surface area contributed by atoms with Gasteiger partial charge in [-0.2, -0.15) is 0 Å². The fourth-order valence-electron chi connectivity index (χ4n) is 2.06. The van der Waals surface area contributed by atoms with Gasteiger partial charge in [0.05, 0.1) is 5.56 Å². The fourth-order valence-corrected chi connectivity index (χ4v) is 2.06. The minimum Gasteiger partial charge on any atom is -0.478 e. The summed E-state index contributed by atoms with van der Waals surface area (Å²) >= 11 is 0. The normalized spacial score (nSPS) is 13.1. The van der Waals surface area contributed by atoms with Gasteiger partial charge in [-0.15, -0.1) is 0 Å². The molecule has 19 heavy (non-hydrogen) atoms. The topological polar surface area (TPSA) is 49.3 Å². The summed E-state index contributed by atoms with van der Waals surface area (Å²) in [6.45, 7) is 10.0. The van der Waals surface area contributed by atoms with E-state index in [4.69, 9.17) is 5.11 Å². The average Bonchev–Trinajstić information content (AvgIpc) is 2.38. The molecule has 1 unspecified atom stereocenters. The van der Waals surface area contributed by atoms with Gasteiger partial charge < -0.3 is 10.4 Å². The van der Waals surface area contributed by atoms with Gasteiger partial charge in [-0.1, -0.05) is 34.1 Å². The van der Waals surface area contributed by atoms with Crippen molar-refractivity contribution < 1.29 is 9.90 Å². The molecule has 0 heterocycles. The maximum absolute atomic E-state index is 10.7. The first kappa shape index (κ1) is 15.5. The third-order valence-corrected chi connectivity index (χ3v) is 4.18. The van der Waals surface area contributed by atoms with E-state index in [0.29, 0.717) is 16.9 Å². The summed E-state index contributed by atoms with van der Waals surface area (Å²) in [5.41, 5.74) is 1.62. The van der Waals surface area contributed by atoms with Crippen molar-refractivity contribution in [2.24, 2.45) is 11.3 Å². The number of aromatic carboxylic acids is 1. The maximum atomic E-state index is 10.7. The number of carbonyl (C=O) groups is 1. The van der Waals surface area contributed by atoms with Crippen LogP contribution in [-0.4, -0.2) is 17.6 Å². The van der Waals surface area contributed by atoms with Crippen molar-refractivity contribution in [2.75, 3.05) is 11.9 Å².